The van der Waals surface area contributed by atoms with E-state index < -0.39 is 6.36 Å². The first-order valence-corrected chi connectivity index (χ1v) is 2.13. The van der Waals surface area contributed by atoms with Gasteiger partial charge in [0.15, 0.2) is 0 Å². The Morgan fingerprint density at radius 3 is 1.11 bits per heavy atom. The molecule has 0 aromatic carbocycles. The summed E-state index contributed by atoms with van der Waals surface area (Å²) >= 11 is 0. The van der Waals surface area contributed by atoms with Crippen molar-refractivity contribution in [3.63, 3.8) is 0 Å². The Labute approximate surface area is 51.9 Å². The summed E-state index contributed by atoms with van der Waals surface area (Å²) in [5, 5.41) is 6.52. The summed E-state index contributed by atoms with van der Waals surface area (Å²) in [5.41, 5.74) is 0. The van der Waals surface area contributed by atoms with Crippen LogP contribution in [-0.2, 0) is 0 Å². The molecule has 2 nitrogen and oxygen atoms in total. The second-order valence-corrected chi connectivity index (χ2v) is 1.81. The van der Waals surface area contributed by atoms with Gasteiger partial charge in [0.25, 0.3) is 0 Å². The van der Waals surface area contributed by atoms with Crippen LogP contribution in [0, 0.1) is 0 Å². The van der Waals surface area contributed by atoms with E-state index in [1.807, 2.05) is 26.0 Å². The van der Waals surface area contributed by atoms with E-state index in [0.29, 0.717) is 0 Å². The number of rotatable bonds is 0. The molecule has 0 bridgehead atoms. The minimum Gasteiger partial charge on any atom is -0.312 e. The summed E-state index contributed by atoms with van der Waals surface area (Å²) in [7, 11) is 6.00. The second-order valence-electron chi connectivity index (χ2n) is 1.81. The topological polar surface area (TPSA) is 23.5 Å². The van der Waals surface area contributed by atoms with Gasteiger partial charge in [-0.25, -0.2) is 0 Å². The molecule has 0 fully saturated rings. The van der Waals surface area contributed by atoms with Gasteiger partial charge in [0.1, 0.15) is 0 Å². The quantitative estimate of drug-likeness (QED) is 0.541. The summed E-state index contributed by atoms with van der Waals surface area (Å²) < 4.78 is 29.7. The largest absolute Gasteiger partial charge is 0.519 e. The number of halogens is 3. The molecule has 0 aliphatic rings. The van der Waals surface area contributed by atoms with Gasteiger partial charge in [-0.05, 0) is 21.1 Å². The van der Waals surface area contributed by atoms with Crippen LogP contribution in [0.5, 0.6) is 0 Å². The minimum atomic E-state index is -5.00. The molecular formula is C4H10F3NO. The van der Waals surface area contributed by atoms with Gasteiger partial charge in [-0.2, -0.15) is 0 Å². The molecule has 0 atom stereocenters. The third kappa shape index (κ3) is 2990. The fourth-order valence-corrected chi connectivity index (χ4v) is 0. The first kappa shape index (κ1) is 11.5. The normalized spacial score (nSPS) is 10.7. The van der Waals surface area contributed by atoms with E-state index in [1.54, 1.807) is 0 Å². The van der Waals surface area contributed by atoms with Crippen LogP contribution in [0.15, 0.2) is 0 Å². The van der Waals surface area contributed by atoms with E-state index in [2.05, 4.69) is 0 Å². The number of hydrogen-bond donors (Lipinski definition) is 1. The van der Waals surface area contributed by atoms with Gasteiger partial charge in [-0.1, -0.05) is 0 Å². The van der Waals surface area contributed by atoms with Crippen LogP contribution >= 0.6 is 0 Å². The molecule has 0 rings (SSSR count). The Kier molecular flexibility index (Phi) is 5.85. The van der Waals surface area contributed by atoms with E-state index in [1.165, 1.54) is 0 Å². The molecule has 0 radical (unpaired) electrons. The number of alkyl halides is 3. The van der Waals surface area contributed by atoms with Crippen molar-refractivity contribution >= 4 is 0 Å². The van der Waals surface area contributed by atoms with Gasteiger partial charge < -0.3 is 10.0 Å². The summed E-state index contributed by atoms with van der Waals surface area (Å²) in [6.45, 7) is 0. The zero-order chi connectivity index (χ0) is 8.08. The maximum absolute atomic E-state index is 9.91. The highest BCUT2D eigenvalue weighted by molar-refractivity contribution is 4.09. The van der Waals surface area contributed by atoms with Crippen LogP contribution in [0.3, 0.4) is 0 Å². The van der Waals surface area contributed by atoms with E-state index in [0.717, 1.165) is 0 Å². The first-order valence-electron chi connectivity index (χ1n) is 2.13. The third-order valence-electron chi connectivity index (χ3n) is 0. The minimum absolute atomic E-state index is 2.00. The van der Waals surface area contributed by atoms with Crippen LogP contribution in [0.25, 0.3) is 0 Å². The molecule has 0 aliphatic heterocycles. The average molecular weight is 145 g/mol. The second kappa shape index (κ2) is 4.58. The summed E-state index contributed by atoms with van der Waals surface area (Å²) in [6.07, 6.45) is -5.00. The van der Waals surface area contributed by atoms with Crippen LogP contribution in [0.1, 0.15) is 0 Å². The average Bonchev–Trinajstić information content (AvgIpc) is 1.19. The van der Waals surface area contributed by atoms with Crippen LogP contribution in [0.2, 0.25) is 0 Å². The van der Waals surface area contributed by atoms with Crippen molar-refractivity contribution in [1.29, 1.82) is 0 Å². The van der Waals surface area contributed by atoms with Gasteiger partial charge >= 0.3 is 6.36 Å². The number of aliphatic hydroxyl groups is 1. The molecule has 0 unspecified atom stereocenters. The molecule has 0 aromatic rings. The lowest BCUT2D eigenvalue weighted by molar-refractivity contribution is -0.295. The van der Waals surface area contributed by atoms with Crippen LogP contribution < -0.4 is 0 Å². The zero-order valence-electron chi connectivity index (χ0n) is 5.53. The molecule has 5 heteroatoms. The monoisotopic (exact) mass is 145 g/mol. The van der Waals surface area contributed by atoms with Crippen molar-refractivity contribution in [3.05, 3.63) is 0 Å². The van der Waals surface area contributed by atoms with Crippen molar-refractivity contribution in [2.75, 3.05) is 21.1 Å². The lowest BCUT2D eigenvalue weighted by Crippen LogP contribution is -2.01. The van der Waals surface area contributed by atoms with Crippen LogP contribution in [-0.4, -0.2) is 37.5 Å². The third-order valence-corrected chi connectivity index (χ3v) is 0. The molecule has 0 heterocycles. The fraction of sp³-hybridized carbons (Fsp3) is 1.00. The van der Waals surface area contributed by atoms with Gasteiger partial charge in [0.2, 0.25) is 0 Å². The predicted octanol–water partition coefficient (Wildman–Crippen LogP) is 0.676. The smallest absolute Gasteiger partial charge is 0.312 e. The number of nitrogens with zero attached hydrogens (tertiary/aromatic N) is 1. The molecule has 58 valence electrons. The molecular weight excluding hydrogens is 135 g/mol. The van der Waals surface area contributed by atoms with Gasteiger partial charge in [-0.3, -0.25) is 0 Å². The maximum atomic E-state index is 9.91. The molecule has 9 heavy (non-hydrogen) atoms. The first-order chi connectivity index (χ1) is 3.73. The molecule has 0 saturated carbocycles. The predicted molar refractivity (Wildman–Crippen MR) is 27.9 cm³/mol. The van der Waals surface area contributed by atoms with Crippen molar-refractivity contribution in [3.8, 4) is 0 Å². The van der Waals surface area contributed by atoms with E-state index in [4.69, 9.17) is 5.11 Å². The Hall–Kier alpha value is -0.290. The van der Waals surface area contributed by atoms with E-state index in [9.17, 15) is 13.2 Å². The molecule has 0 aliphatic carbocycles. The van der Waals surface area contributed by atoms with Gasteiger partial charge in [-0.15, -0.1) is 13.2 Å². The number of hydrogen-bond acceptors (Lipinski definition) is 2. The summed E-state index contributed by atoms with van der Waals surface area (Å²) in [6, 6.07) is 0. The molecule has 0 saturated heterocycles. The lowest BCUT2D eigenvalue weighted by atomic mass is 11.0. The Bertz CT molecular complexity index is 52.6. The molecule has 0 spiro atoms. The fourth-order valence-electron chi connectivity index (χ4n) is 0. The van der Waals surface area contributed by atoms with Crippen molar-refractivity contribution in [2.45, 2.75) is 6.36 Å². The maximum Gasteiger partial charge on any atom is 0.519 e. The highest BCUT2D eigenvalue weighted by Gasteiger charge is 2.20. The summed E-state index contributed by atoms with van der Waals surface area (Å²) in [4.78, 5) is 2.00. The van der Waals surface area contributed by atoms with Gasteiger partial charge in [0.05, 0.1) is 0 Å². The molecule has 0 amide bonds. The van der Waals surface area contributed by atoms with Crippen molar-refractivity contribution in [2.24, 2.45) is 0 Å². The highest BCUT2D eigenvalue weighted by Crippen LogP contribution is 2.06. The lowest BCUT2D eigenvalue weighted by Gasteiger charge is -1.90. The highest BCUT2D eigenvalue weighted by atomic mass is 19.4. The van der Waals surface area contributed by atoms with Crippen LogP contribution in [0.4, 0.5) is 13.2 Å². The Morgan fingerprint density at radius 1 is 1.11 bits per heavy atom. The molecule has 0 aromatic heterocycles. The van der Waals surface area contributed by atoms with Gasteiger partial charge in [0, 0.05) is 0 Å². The summed E-state index contributed by atoms with van der Waals surface area (Å²) in [5.74, 6) is 0. The Morgan fingerprint density at radius 2 is 1.11 bits per heavy atom. The van der Waals surface area contributed by atoms with E-state index >= 15 is 0 Å². The Balaban J connectivity index is 0. The molecule has 1 N–H and O–H groups in total. The van der Waals surface area contributed by atoms with Crippen molar-refractivity contribution in [1.82, 2.24) is 4.90 Å². The zero-order valence-corrected chi connectivity index (χ0v) is 5.53. The van der Waals surface area contributed by atoms with Crippen molar-refractivity contribution < 1.29 is 18.3 Å². The standard InChI is InChI=1S/C3H9N.CHF3O/c1-4(2)3;2-1(3,4)5/h1-3H3;5H. The SMILES string of the molecule is CN(C)C.OC(F)(F)F. The van der Waals surface area contributed by atoms with E-state index in [-0.39, 0.29) is 0 Å².